The molecule has 0 heterocycles. The Balaban J connectivity index is 3.02. The van der Waals surface area contributed by atoms with E-state index in [9.17, 15) is 4.79 Å². The highest BCUT2D eigenvalue weighted by molar-refractivity contribution is 5.97. The Morgan fingerprint density at radius 3 is 2.29 bits per heavy atom. The van der Waals surface area contributed by atoms with Gasteiger partial charge in [0.25, 0.3) is 5.91 Å². The summed E-state index contributed by atoms with van der Waals surface area (Å²) in [7, 11) is 0. The van der Waals surface area contributed by atoms with Gasteiger partial charge in [0.05, 0.1) is 6.04 Å². The van der Waals surface area contributed by atoms with Gasteiger partial charge in [-0.15, -0.1) is 6.42 Å². The third-order valence-electron chi connectivity index (χ3n) is 2.82. The fraction of sp³-hybridized carbons (Fsp3) is 0.400. The largest absolute Gasteiger partial charge is 0.338 e. The Bertz CT molecular complexity index is 445. The Labute approximate surface area is 103 Å². The summed E-state index contributed by atoms with van der Waals surface area (Å²) in [5, 5.41) is 2.86. The van der Waals surface area contributed by atoms with Gasteiger partial charge < -0.3 is 5.32 Å². The van der Waals surface area contributed by atoms with Crippen LogP contribution >= 0.6 is 0 Å². The lowest BCUT2D eigenvalue weighted by Crippen LogP contribution is -2.34. The fourth-order valence-corrected chi connectivity index (χ4v) is 2.03. The predicted octanol–water partition coefficient (Wildman–Crippen LogP) is 2.75. The maximum absolute atomic E-state index is 12.1. The van der Waals surface area contributed by atoms with E-state index in [0.29, 0.717) is 0 Å². The van der Waals surface area contributed by atoms with Crippen molar-refractivity contribution in [2.45, 2.75) is 40.2 Å². The van der Waals surface area contributed by atoms with E-state index in [1.165, 1.54) is 5.56 Å². The van der Waals surface area contributed by atoms with Gasteiger partial charge in [-0.05, 0) is 38.3 Å². The van der Waals surface area contributed by atoms with Crippen LogP contribution in [0, 0.1) is 33.1 Å². The molecule has 0 fully saturated rings. The first-order valence-corrected chi connectivity index (χ1v) is 5.84. The topological polar surface area (TPSA) is 29.1 Å². The van der Waals surface area contributed by atoms with Crippen molar-refractivity contribution in [3.63, 3.8) is 0 Å². The maximum Gasteiger partial charge on any atom is 0.252 e. The third kappa shape index (κ3) is 3.10. The molecule has 0 aliphatic carbocycles. The van der Waals surface area contributed by atoms with Crippen molar-refractivity contribution in [2.24, 2.45) is 0 Å². The minimum Gasteiger partial charge on any atom is -0.338 e. The molecule has 1 rings (SSSR count). The van der Waals surface area contributed by atoms with E-state index in [0.717, 1.165) is 23.1 Å². The molecule has 1 amide bonds. The van der Waals surface area contributed by atoms with Gasteiger partial charge >= 0.3 is 0 Å². The number of hydrogen-bond donors (Lipinski definition) is 1. The molecule has 0 aliphatic rings. The molecule has 0 aromatic heterocycles. The SMILES string of the molecule is C#CC(CC)NC(=O)c1c(C)cc(C)cc1C. The number of benzene rings is 1. The van der Waals surface area contributed by atoms with Crippen LogP contribution in [0.2, 0.25) is 0 Å². The smallest absolute Gasteiger partial charge is 0.252 e. The van der Waals surface area contributed by atoms with Gasteiger partial charge in [-0.1, -0.05) is 30.5 Å². The minimum atomic E-state index is -0.192. The second-order valence-electron chi connectivity index (χ2n) is 4.37. The molecule has 1 unspecified atom stereocenters. The monoisotopic (exact) mass is 229 g/mol. The lowest BCUT2D eigenvalue weighted by Gasteiger charge is -2.14. The van der Waals surface area contributed by atoms with E-state index >= 15 is 0 Å². The number of carbonyl (C=O) groups excluding carboxylic acids is 1. The van der Waals surface area contributed by atoms with E-state index in [1.54, 1.807) is 0 Å². The van der Waals surface area contributed by atoms with Gasteiger partial charge in [-0.2, -0.15) is 0 Å². The molecule has 2 heteroatoms. The van der Waals surface area contributed by atoms with Crippen molar-refractivity contribution < 1.29 is 4.79 Å². The first-order valence-electron chi connectivity index (χ1n) is 5.84. The number of aryl methyl sites for hydroxylation is 3. The second kappa shape index (κ2) is 5.54. The molecule has 1 aromatic rings. The van der Waals surface area contributed by atoms with Crippen LogP contribution in [0.1, 0.15) is 40.4 Å². The Morgan fingerprint density at radius 1 is 1.35 bits per heavy atom. The van der Waals surface area contributed by atoms with Crippen LogP contribution in [0.15, 0.2) is 12.1 Å². The quantitative estimate of drug-likeness (QED) is 0.793. The van der Waals surface area contributed by atoms with Crippen molar-refractivity contribution in [2.75, 3.05) is 0 Å². The first kappa shape index (κ1) is 13.3. The summed E-state index contributed by atoms with van der Waals surface area (Å²) in [5.74, 6) is 2.49. The average Bonchev–Trinajstić information content (AvgIpc) is 2.24. The molecule has 1 atom stereocenters. The summed E-state index contributed by atoms with van der Waals surface area (Å²) in [6.45, 7) is 7.88. The van der Waals surface area contributed by atoms with Gasteiger partial charge in [0.1, 0.15) is 0 Å². The molecular formula is C15H19NO. The van der Waals surface area contributed by atoms with E-state index in [4.69, 9.17) is 6.42 Å². The van der Waals surface area contributed by atoms with Crippen LogP contribution in [-0.2, 0) is 0 Å². The van der Waals surface area contributed by atoms with Crippen LogP contribution in [0.4, 0.5) is 0 Å². The standard InChI is InChI=1S/C15H19NO/c1-6-13(7-2)16-15(17)14-11(4)8-10(3)9-12(14)5/h1,8-9,13H,7H2,2-5H3,(H,16,17). The summed E-state index contributed by atoms with van der Waals surface area (Å²) in [6, 6.07) is 3.83. The summed E-state index contributed by atoms with van der Waals surface area (Å²) in [4.78, 5) is 12.1. The molecule has 0 saturated carbocycles. The van der Waals surface area contributed by atoms with Crippen LogP contribution in [-0.4, -0.2) is 11.9 Å². The highest BCUT2D eigenvalue weighted by Gasteiger charge is 2.14. The van der Waals surface area contributed by atoms with E-state index in [1.807, 2.05) is 39.8 Å². The Hall–Kier alpha value is -1.75. The summed E-state index contributed by atoms with van der Waals surface area (Å²) in [6.07, 6.45) is 6.09. The molecule has 0 saturated heterocycles. The second-order valence-corrected chi connectivity index (χ2v) is 4.37. The van der Waals surface area contributed by atoms with Crippen molar-refractivity contribution >= 4 is 5.91 Å². The molecule has 1 aromatic carbocycles. The van der Waals surface area contributed by atoms with E-state index in [2.05, 4.69) is 11.2 Å². The fourth-order valence-electron chi connectivity index (χ4n) is 2.03. The molecule has 0 spiro atoms. The highest BCUT2D eigenvalue weighted by Crippen LogP contribution is 2.16. The van der Waals surface area contributed by atoms with Gasteiger partial charge in [-0.25, -0.2) is 0 Å². The zero-order chi connectivity index (χ0) is 13.0. The normalized spacial score (nSPS) is 11.7. The number of nitrogens with one attached hydrogen (secondary N) is 1. The van der Waals surface area contributed by atoms with Crippen LogP contribution in [0.3, 0.4) is 0 Å². The van der Waals surface area contributed by atoms with Gasteiger partial charge in [0, 0.05) is 5.56 Å². The zero-order valence-electron chi connectivity index (χ0n) is 10.9. The van der Waals surface area contributed by atoms with Crippen molar-refractivity contribution in [1.29, 1.82) is 0 Å². The summed E-state index contributed by atoms with van der Waals surface area (Å²) in [5.41, 5.74) is 3.89. The third-order valence-corrected chi connectivity index (χ3v) is 2.82. The molecule has 0 radical (unpaired) electrons. The van der Waals surface area contributed by atoms with Gasteiger partial charge in [-0.3, -0.25) is 4.79 Å². The molecule has 90 valence electrons. The number of terminal acetylenes is 1. The number of carbonyl (C=O) groups is 1. The number of rotatable bonds is 3. The molecular weight excluding hydrogens is 210 g/mol. The van der Waals surface area contributed by atoms with Crippen molar-refractivity contribution in [3.8, 4) is 12.3 Å². The van der Waals surface area contributed by atoms with Crippen LogP contribution in [0.25, 0.3) is 0 Å². The Kier molecular flexibility index (Phi) is 4.34. The zero-order valence-corrected chi connectivity index (χ0v) is 10.9. The van der Waals surface area contributed by atoms with E-state index in [-0.39, 0.29) is 11.9 Å². The van der Waals surface area contributed by atoms with Gasteiger partial charge in [0.2, 0.25) is 0 Å². The number of hydrogen-bond acceptors (Lipinski definition) is 1. The van der Waals surface area contributed by atoms with Crippen LogP contribution in [0.5, 0.6) is 0 Å². The van der Waals surface area contributed by atoms with Gasteiger partial charge in [0.15, 0.2) is 0 Å². The maximum atomic E-state index is 12.1. The first-order chi connectivity index (χ1) is 7.99. The average molecular weight is 229 g/mol. The number of amides is 1. The Morgan fingerprint density at radius 2 is 1.88 bits per heavy atom. The van der Waals surface area contributed by atoms with E-state index < -0.39 is 0 Å². The van der Waals surface area contributed by atoms with Crippen molar-refractivity contribution in [3.05, 3.63) is 34.4 Å². The summed E-state index contributed by atoms with van der Waals surface area (Å²) >= 11 is 0. The molecule has 0 bridgehead atoms. The molecule has 0 aliphatic heterocycles. The van der Waals surface area contributed by atoms with Crippen molar-refractivity contribution in [1.82, 2.24) is 5.32 Å². The predicted molar refractivity (Wildman–Crippen MR) is 71.0 cm³/mol. The lowest BCUT2D eigenvalue weighted by atomic mass is 9.99. The molecule has 2 nitrogen and oxygen atoms in total. The molecule has 1 N–H and O–H groups in total. The minimum absolute atomic E-state index is 0.0789. The summed E-state index contributed by atoms with van der Waals surface area (Å²) < 4.78 is 0. The molecule has 17 heavy (non-hydrogen) atoms. The van der Waals surface area contributed by atoms with Crippen LogP contribution < -0.4 is 5.32 Å². The lowest BCUT2D eigenvalue weighted by molar-refractivity contribution is 0.0944. The highest BCUT2D eigenvalue weighted by atomic mass is 16.1.